The minimum atomic E-state index is -0.605. The van der Waals surface area contributed by atoms with Gasteiger partial charge in [-0.25, -0.2) is 4.79 Å². The van der Waals surface area contributed by atoms with E-state index in [4.69, 9.17) is 15.7 Å². The molecule has 16 heavy (non-hydrogen) atoms. The van der Waals surface area contributed by atoms with Gasteiger partial charge >= 0.3 is 5.97 Å². The van der Waals surface area contributed by atoms with Gasteiger partial charge in [-0.3, -0.25) is 0 Å². The molecule has 0 aliphatic rings. The number of hydrogen-bond acceptors (Lipinski definition) is 4. The summed E-state index contributed by atoms with van der Waals surface area (Å²) in [6.07, 6.45) is 0. The Kier molecular flexibility index (Phi) is 3.19. The summed E-state index contributed by atoms with van der Waals surface area (Å²) in [7, 11) is 0. The first-order valence-electron chi connectivity index (χ1n) is 4.87. The first kappa shape index (κ1) is 12.1. The number of ether oxygens (including phenoxy) is 1. The van der Waals surface area contributed by atoms with Crippen molar-refractivity contribution in [3.63, 3.8) is 0 Å². The van der Waals surface area contributed by atoms with Gasteiger partial charge in [-0.05, 0) is 32.9 Å². The van der Waals surface area contributed by atoms with Crippen LogP contribution in [0.4, 0.5) is 5.69 Å². The van der Waals surface area contributed by atoms with Crippen LogP contribution in [0.1, 0.15) is 36.7 Å². The third-order valence-corrected chi connectivity index (χ3v) is 1.82. The van der Waals surface area contributed by atoms with E-state index in [-0.39, 0.29) is 16.8 Å². The second-order valence-electron chi connectivity index (χ2n) is 4.38. The van der Waals surface area contributed by atoms with Crippen LogP contribution in [0.5, 0.6) is 0 Å². The van der Waals surface area contributed by atoms with Crippen LogP contribution in [-0.2, 0) is 4.74 Å². The summed E-state index contributed by atoms with van der Waals surface area (Å²) >= 11 is 0. The van der Waals surface area contributed by atoms with Crippen molar-refractivity contribution in [3.05, 3.63) is 29.3 Å². The highest BCUT2D eigenvalue weighted by molar-refractivity contribution is 5.97. The zero-order valence-corrected chi connectivity index (χ0v) is 9.57. The number of esters is 1. The summed E-state index contributed by atoms with van der Waals surface area (Å²) < 4.78 is 5.18. The van der Waals surface area contributed by atoms with Gasteiger partial charge in [-0.15, -0.1) is 0 Å². The minimum Gasteiger partial charge on any atom is -0.456 e. The molecule has 0 aromatic heterocycles. The van der Waals surface area contributed by atoms with Gasteiger partial charge in [0, 0.05) is 5.69 Å². The Morgan fingerprint density at radius 1 is 1.44 bits per heavy atom. The lowest BCUT2D eigenvalue weighted by molar-refractivity contribution is 0.00705. The number of nitrogen functional groups attached to an aromatic ring is 1. The third kappa shape index (κ3) is 2.74. The van der Waals surface area contributed by atoms with Gasteiger partial charge in [-0.2, -0.15) is 5.26 Å². The molecule has 0 atom stereocenters. The molecule has 4 nitrogen and oxygen atoms in total. The Morgan fingerprint density at radius 3 is 2.56 bits per heavy atom. The molecule has 0 heterocycles. The molecule has 0 aliphatic heterocycles. The number of rotatable bonds is 1. The molecule has 0 amide bonds. The first-order valence-corrected chi connectivity index (χ1v) is 4.87. The van der Waals surface area contributed by atoms with Crippen molar-refractivity contribution < 1.29 is 9.53 Å². The fourth-order valence-corrected chi connectivity index (χ4v) is 1.22. The van der Waals surface area contributed by atoms with Crippen LogP contribution in [0, 0.1) is 11.3 Å². The number of nitrogens with two attached hydrogens (primary N) is 1. The number of benzene rings is 1. The highest BCUT2D eigenvalue weighted by atomic mass is 16.6. The molecule has 2 N–H and O–H groups in total. The van der Waals surface area contributed by atoms with Gasteiger partial charge in [0.1, 0.15) is 17.2 Å². The van der Waals surface area contributed by atoms with Gasteiger partial charge in [-0.1, -0.05) is 6.07 Å². The van der Waals surface area contributed by atoms with Crippen LogP contribution >= 0.6 is 0 Å². The maximum atomic E-state index is 11.8. The number of carbonyl (C=O) groups excluding carboxylic acids is 1. The molecule has 1 rings (SSSR count). The van der Waals surface area contributed by atoms with E-state index in [0.29, 0.717) is 0 Å². The van der Waals surface area contributed by atoms with E-state index in [9.17, 15) is 4.79 Å². The predicted octanol–water partition coefficient (Wildman–Crippen LogP) is 2.10. The number of nitrogens with zero attached hydrogens (tertiary/aromatic N) is 1. The molecule has 0 radical (unpaired) electrons. The third-order valence-electron chi connectivity index (χ3n) is 1.82. The maximum Gasteiger partial charge on any atom is 0.342 e. The number of carbonyl (C=O) groups is 1. The quantitative estimate of drug-likeness (QED) is 0.578. The highest BCUT2D eigenvalue weighted by Crippen LogP contribution is 2.20. The van der Waals surface area contributed by atoms with Crippen molar-refractivity contribution in [2.45, 2.75) is 26.4 Å². The SMILES string of the molecule is CC(C)(C)OC(=O)c1c(N)cccc1C#N. The molecule has 1 aromatic rings. The van der Waals surface area contributed by atoms with Crippen LogP contribution in [0.2, 0.25) is 0 Å². The lowest BCUT2D eigenvalue weighted by Crippen LogP contribution is -2.25. The Bertz CT molecular complexity index is 453. The van der Waals surface area contributed by atoms with Crippen LogP contribution < -0.4 is 5.73 Å². The van der Waals surface area contributed by atoms with E-state index in [1.807, 2.05) is 6.07 Å². The Morgan fingerprint density at radius 2 is 2.06 bits per heavy atom. The molecular formula is C12H14N2O2. The topological polar surface area (TPSA) is 76.1 Å². The van der Waals surface area contributed by atoms with Crippen LogP contribution in [0.25, 0.3) is 0 Å². The fraction of sp³-hybridized carbons (Fsp3) is 0.333. The summed E-state index contributed by atoms with van der Waals surface area (Å²) in [5, 5.41) is 8.88. The van der Waals surface area contributed by atoms with E-state index < -0.39 is 11.6 Å². The zero-order chi connectivity index (χ0) is 12.3. The average molecular weight is 218 g/mol. The van der Waals surface area contributed by atoms with Crippen molar-refractivity contribution >= 4 is 11.7 Å². The predicted molar refractivity (Wildman–Crippen MR) is 60.7 cm³/mol. The summed E-state index contributed by atoms with van der Waals surface area (Å²) in [5.74, 6) is -0.567. The second kappa shape index (κ2) is 4.23. The monoisotopic (exact) mass is 218 g/mol. The molecule has 0 unspecified atom stereocenters. The maximum absolute atomic E-state index is 11.8. The van der Waals surface area contributed by atoms with Gasteiger partial charge in [0.2, 0.25) is 0 Å². The number of hydrogen-bond donors (Lipinski definition) is 1. The van der Waals surface area contributed by atoms with Crippen LogP contribution in [0.3, 0.4) is 0 Å². The lowest BCUT2D eigenvalue weighted by atomic mass is 10.1. The molecule has 4 heteroatoms. The van der Waals surface area contributed by atoms with Crippen molar-refractivity contribution in [1.29, 1.82) is 5.26 Å². The van der Waals surface area contributed by atoms with Crippen LogP contribution in [-0.4, -0.2) is 11.6 Å². The fourth-order valence-electron chi connectivity index (χ4n) is 1.22. The lowest BCUT2D eigenvalue weighted by Gasteiger charge is -2.20. The number of nitriles is 1. The summed E-state index contributed by atoms with van der Waals surface area (Å²) in [6, 6.07) is 6.66. The smallest absolute Gasteiger partial charge is 0.342 e. The second-order valence-corrected chi connectivity index (χ2v) is 4.38. The summed E-state index contributed by atoms with van der Waals surface area (Å²) in [6.45, 7) is 5.28. The molecule has 0 saturated heterocycles. The van der Waals surface area contributed by atoms with Crippen molar-refractivity contribution in [2.24, 2.45) is 0 Å². The van der Waals surface area contributed by atoms with E-state index >= 15 is 0 Å². The van der Waals surface area contributed by atoms with Gasteiger partial charge in [0.05, 0.1) is 5.56 Å². The van der Waals surface area contributed by atoms with Crippen molar-refractivity contribution in [1.82, 2.24) is 0 Å². The molecule has 0 aliphatic carbocycles. The Hall–Kier alpha value is -2.02. The van der Waals surface area contributed by atoms with Gasteiger partial charge in [0.15, 0.2) is 0 Å². The highest BCUT2D eigenvalue weighted by Gasteiger charge is 2.22. The summed E-state index contributed by atoms with van der Waals surface area (Å²) in [5.41, 5.74) is 5.69. The normalized spacial score (nSPS) is 10.6. The molecule has 0 saturated carbocycles. The minimum absolute atomic E-state index is 0.139. The standard InChI is InChI=1S/C12H14N2O2/c1-12(2,3)16-11(15)10-8(7-13)5-4-6-9(10)14/h4-6H,14H2,1-3H3. The number of anilines is 1. The Balaban J connectivity index is 3.14. The van der Waals surface area contributed by atoms with E-state index in [1.54, 1.807) is 32.9 Å². The van der Waals surface area contributed by atoms with Gasteiger partial charge in [0.25, 0.3) is 0 Å². The Labute approximate surface area is 94.6 Å². The van der Waals surface area contributed by atoms with Gasteiger partial charge < -0.3 is 10.5 Å². The van der Waals surface area contributed by atoms with Crippen molar-refractivity contribution in [3.8, 4) is 6.07 Å². The molecule has 0 fully saturated rings. The van der Waals surface area contributed by atoms with Crippen LogP contribution in [0.15, 0.2) is 18.2 Å². The first-order chi connectivity index (χ1) is 7.35. The molecule has 0 spiro atoms. The molecule has 0 bridgehead atoms. The molecular weight excluding hydrogens is 204 g/mol. The molecule has 84 valence electrons. The zero-order valence-electron chi connectivity index (χ0n) is 9.57. The van der Waals surface area contributed by atoms with Crippen molar-refractivity contribution in [2.75, 3.05) is 5.73 Å². The average Bonchev–Trinajstić information content (AvgIpc) is 2.14. The van der Waals surface area contributed by atoms with E-state index in [1.165, 1.54) is 6.07 Å². The largest absolute Gasteiger partial charge is 0.456 e. The summed E-state index contributed by atoms with van der Waals surface area (Å²) in [4.78, 5) is 11.8. The van der Waals surface area contributed by atoms with E-state index in [0.717, 1.165) is 0 Å². The molecule has 1 aromatic carbocycles. The van der Waals surface area contributed by atoms with E-state index in [2.05, 4.69) is 0 Å².